The van der Waals surface area contributed by atoms with E-state index in [-0.39, 0.29) is 11.5 Å². The van der Waals surface area contributed by atoms with Crippen LogP contribution in [0.4, 0.5) is 0 Å². The van der Waals surface area contributed by atoms with Crippen molar-refractivity contribution in [3.05, 3.63) is 17.0 Å². The summed E-state index contributed by atoms with van der Waals surface area (Å²) in [6.45, 7) is 8.62. The fraction of sp³-hybridized carbons (Fsp3) is 0.789. The molecule has 1 unspecified atom stereocenters. The lowest BCUT2D eigenvalue weighted by Crippen LogP contribution is -2.63. The van der Waals surface area contributed by atoms with Gasteiger partial charge in [-0.3, -0.25) is 9.69 Å². The highest BCUT2D eigenvalue weighted by Gasteiger charge is 2.52. The first-order valence-electron chi connectivity index (χ1n) is 9.64. The number of likely N-dealkylation sites (tertiary alicyclic amines) is 2. The van der Waals surface area contributed by atoms with Crippen LogP contribution in [0.25, 0.3) is 0 Å². The van der Waals surface area contributed by atoms with Crippen molar-refractivity contribution in [2.75, 3.05) is 32.8 Å². The largest absolute Gasteiger partial charge is 0.370 e. The molecular formula is C19H29N3O3. The average molecular weight is 347 g/mol. The zero-order chi connectivity index (χ0) is 17.4. The van der Waals surface area contributed by atoms with Crippen LogP contribution in [0.3, 0.4) is 0 Å². The predicted octanol–water partition coefficient (Wildman–Crippen LogP) is 2.08. The van der Waals surface area contributed by atoms with Crippen molar-refractivity contribution in [3.63, 3.8) is 0 Å². The molecule has 0 N–H and O–H groups in total. The average Bonchev–Trinajstić information content (AvgIpc) is 3.17. The Bertz CT molecular complexity index is 610. The van der Waals surface area contributed by atoms with E-state index >= 15 is 0 Å². The summed E-state index contributed by atoms with van der Waals surface area (Å²) in [7, 11) is 0. The Balaban J connectivity index is 1.25. The van der Waals surface area contributed by atoms with Gasteiger partial charge in [0.15, 0.2) is 0 Å². The highest BCUT2D eigenvalue weighted by Crippen LogP contribution is 2.38. The number of aryl methyl sites for hydroxylation is 2. The SMILES string of the molecule is Cc1noc(C)c1CCC(=O)N1CC2(CC(N3CCCCC3)CO2)C1. The summed E-state index contributed by atoms with van der Waals surface area (Å²) in [5, 5.41) is 3.96. The molecule has 4 rings (SSSR count). The van der Waals surface area contributed by atoms with E-state index in [1.807, 2.05) is 18.7 Å². The number of carbonyl (C=O) groups is 1. The number of nitrogens with zero attached hydrogens (tertiary/aromatic N) is 3. The Hall–Kier alpha value is -1.40. The van der Waals surface area contributed by atoms with Crippen molar-refractivity contribution >= 4 is 5.91 Å². The van der Waals surface area contributed by atoms with Crippen molar-refractivity contribution in [3.8, 4) is 0 Å². The van der Waals surface area contributed by atoms with Gasteiger partial charge in [-0.15, -0.1) is 0 Å². The van der Waals surface area contributed by atoms with E-state index in [2.05, 4.69) is 10.1 Å². The quantitative estimate of drug-likeness (QED) is 0.835. The second kappa shape index (κ2) is 6.72. The fourth-order valence-corrected chi connectivity index (χ4v) is 4.63. The number of hydrogen-bond acceptors (Lipinski definition) is 5. The first kappa shape index (κ1) is 17.0. The van der Waals surface area contributed by atoms with E-state index in [0.717, 1.165) is 43.1 Å². The number of ether oxygens (including phenoxy) is 1. The van der Waals surface area contributed by atoms with Crippen LogP contribution in [0.1, 0.15) is 49.1 Å². The normalized spacial score (nSPS) is 26.2. The van der Waals surface area contributed by atoms with Crippen LogP contribution in [0, 0.1) is 13.8 Å². The molecule has 0 radical (unpaired) electrons. The number of piperidine rings is 1. The van der Waals surface area contributed by atoms with Gasteiger partial charge in [0.2, 0.25) is 5.91 Å². The van der Waals surface area contributed by atoms with Gasteiger partial charge < -0.3 is 14.2 Å². The number of hydrogen-bond donors (Lipinski definition) is 0. The summed E-state index contributed by atoms with van der Waals surface area (Å²) in [6.07, 6.45) is 6.31. The van der Waals surface area contributed by atoms with Gasteiger partial charge in [0, 0.05) is 18.0 Å². The summed E-state index contributed by atoms with van der Waals surface area (Å²) in [5.74, 6) is 1.05. The molecule has 1 aromatic rings. The number of amides is 1. The fourth-order valence-electron chi connectivity index (χ4n) is 4.63. The highest BCUT2D eigenvalue weighted by molar-refractivity contribution is 5.77. The van der Waals surface area contributed by atoms with Crippen molar-refractivity contribution in [2.45, 2.75) is 64.0 Å². The van der Waals surface area contributed by atoms with E-state index in [0.29, 0.717) is 18.9 Å². The molecule has 0 saturated carbocycles. The molecule has 3 aliphatic rings. The monoisotopic (exact) mass is 347 g/mol. The smallest absolute Gasteiger partial charge is 0.223 e. The molecule has 25 heavy (non-hydrogen) atoms. The van der Waals surface area contributed by atoms with Gasteiger partial charge in [-0.05, 0) is 52.6 Å². The van der Waals surface area contributed by atoms with Crippen LogP contribution in [0.5, 0.6) is 0 Å². The summed E-state index contributed by atoms with van der Waals surface area (Å²) in [6, 6.07) is 0.555. The Morgan fingerprint density at radius 1 is 1.24 bits per heavy atom. The molecule has 6 heteroatoms. The van der Waals surface area contributed by atoms with E-state index in [9.17, 15) is 4.79 Å². The van der Waals surface area contributed by atoms with Gasteiger partial charge >= 0.3 is 0 Å². The summed E-state index contributed by atoms with van der Waals surface area (Å²) >= 11 is 0. The van der Waals surface area contributed by atoms with Crippen LogP contribution in [-0.2, 0) is 16.0 Å². The van der Waals surface area contributed by atoms with Crippen molar-refractivity contribution in [2.24, 2.45) is 0 Å². The first-order chi connectivity index (χ1) is 12.1. The molecule has 1 aromatic heterocycles. The molecule has 3 saturated heterocycles. The van der Waals surface area contributed by atoms with Crippen LogP contribution in [-0.4, -0.2) is 65.3 Å². The van der Waals surface area contributed by atoms with Crippen LogP contribution in [0.2, 0.25) is 0 Å². The number of rotatable bonds is 4. The van der Waals surface area contributed by atoms with Gasteiger partial charge in [0.25, 0.3) is 0 Å². The summed E-state index contributed by atoms with van der Waals surface area (Å²) in [5.41, 5.74) is 1.90. The number of carbonyl (C=O) groups excluding carboxylic acids is 1. The maximum atomic E-state index is 12.5. The minimum atomic E-state index is -0.0686. The lowest BCUT2D eigenvalue weighted by atomic mass is 9.88. The second-order valence-electron chi connectivity index (χ2n) is 8.00. The zero-order valence-electron chi connectivity index (χ0n) is 15.4. The molecule has 0 aliphatic carbocycles. The molecule has 3 fully saturated rings. The van der Waals surface area contributed by atoms with Crippen molar-refractivity contribution < 1.29 is 14.1 Å². The zero-order valence-corrected chi connectivity index (χ0v) is 15.4. The molecule has 6 nitrogen and oxygen atoms in total. The molecule has 1 spiro atoms. The van der Waals surface area contributed by atoms with Gasteiger partial charge in [-0.25, -0.2) is 0 Å². The van der Waals surface area contributed by atoms with Crippen LogP contribution in [0.15, 0.2) is 4.52 Å². The molecule has 0 bridgehead atoms. The van der Waals surface area contributed by atoms with E-state index in [4.69, 9.17) is 9.26 Å². The third kappa shape index (κ3) is 3.34. The van der Waals surface area contributed by atoms with Gasteiger partial charge in [0.05, 0.1) is 25.4 Å². The van der Waals surface area contributed by atoms with E-state index in [1.54, 1.807) is 0 Å². The van der Waals surface area contributed by atoms with E-state index in [1.165, 1.54) is 32.4 Å². The molecule has 3 aliphatic heterocycles. The minimum absolute atomic E-state index is 0.0686. The van der Waals surface area contributed by atoms with Gasteiger partial charge in [-0.1, -0.05) is 11.6 Å². The van der Waals surface area contributed by atoms with Crippen molar-refractivity contribution in [1.29, 1.82) is 0 Å². The third-order valence-electron chi connectivity index (χ3n) is 6.18. The third-order valence-corrected chi connectivity index (χ3v) is 6.18. The molecular weight excluding hydrogens is 318 g/mol. The Morgan fingerprint density at radius 3 is 2.68 bits per heavy atom. The topological polar surface area (TPSA) is 58.8 Å². The van der Waals surface area contributed by atoms with Crippen LogP contribution >= 0.6 is 0 Å². The summed E-state index contributed by atoms with van der Waals surface area (Å²) in [4.78, 5) is 17.0. The molecule has 0 aromatic carbocycles. The van der Waals surface area contributed by atoms with Gasteiger partial charge in [0.1, 0.15) is 11.4 Å². The second-order valence-corrected chi connectivity index (χ2v) is 8.00. The molecule has 1 atom stereocenters. The lowest BCUT2D eigenvalue weighted by Gasteiger charge is -2.47. The van der Waals surface area contributed by atoms with Gasteiger partial charge in [-0.2, -0.15) is 0 Å². The predicted molar refractivity (Wildman–Crippen MR) is 93.4 cm³/mol. The Morgan fingerprint density at radius 2 is 2.00 bits per heavy atom. The Kier molecular flexibility index (Phi) is 4.58. The number of aromatic nitrogens is 1. The first-order valence-corrected chi connectivity index (χ1v) is 9.64. The maximum Gasteiger partial charge on any atom is 0.223 e. The molecule has 138 valence electrons. The highest BCUT2D eigenvalue weighted by atomic mass is 16.5. The van der Waals surface area contributed by atoms with Crippen molar-refractivity contribution in [1.82, 2.24) is 15.0 Å². The molecule has 1 amide bonds. The Labute approximate surface area is 149 Å². The maximum absolute atomic E-state index is 12.5. The summed E-state index contributed by atoms with van der Waals surface area (Å²) < 4.78 is 11.3. The minimum Gasteiger partial charge on any atom is -0.370 e. The standard InChI is InChI=1S/C19H29N3O3/c1-14-17(15(2)25-20-14)6-7-18(23)22-12-19(13-22)10-16(11-24-19)21-8-4-3-5-9-21/h16H,3-13H2,1-2H3. The van der Waals surface area contributed by atoms with E-state index < -0.39 is 0 Å². The van der Waals surface area contributed by atoms with Crippen LogP contribution < -0.4 is 0 Å². The lowest BCUT2D eigenvalue weighted by molar-refractivity contribution is -0.157. The molecule has 4 heterocycles.